The fourth-order valence-electron chi connectivity index (χ4n) is 2.92. The van der Waals surface area contributed by atoms with Gasteiger partial charge in [0.05, 0.1) is 13.2 Å². The Bertz CT molecular complexity index is 550. The lowest BCUT2D eigenvalue weighted by Crippen LogP contribution is -2.65. The average molecular weight is 297 g/mol. The number of benzene rings is 1. The summed E-state index contributed by atoms with van der Waals surface area (Å²) in [6.07, 6.45) is -1.08. The molecule has 1 aromatic rings. The predicted molar refractivity (Wildman–Crippen MR) is 76.4 cm³/mol. The second kappa shape index (κ2) is 4.91. The van der Waals surface area contributed by atoms with Crippen LogP contribution in [0.1, 0.15) is 11.1 Å². The highest BCUT2D eigenvalue weighted by Gasteiger charge is 2.48. The molecule has 0 aliphatic carbocycles. The summed E-state index contributed by atoms with van der Waals surface area (Å²) in [6, 6.07) is 3.50. The van der Waals surface area contributed by atoms with Gasteiger partial charge in [0.1, 0.15) is 0 Å². The maximum Gasteiger partial charge on any atom is 0.409 e. The van der Waals surface area contributed by atoms with Gasteiger partial charge in [0.2, 0.25) is 0 Å². The van der Waals surface area contributed by atoms with E-state index in [4.69, 9.17) is 21.4 Å². The lowest BCUT2D eigenvalue weighted by atomic mass is 9.78. The highest BCUT2D eigenvalue weighted by atomic mass is 35.5. The minimum atomic E-state index is -1.08. The van der Waals surface area contributed by atoms with Gasteiger partial charge in [-0.1, -0.05) is 11.6 Å². The summed E-state index contributed by atoms with van der Waals surface area (Å²) in [5.74, 6) is 0. The number of rotatable bonds is 3. The molecule has 1 amide bonds. The van der Waals surface area contributed by atoms with Crippen molar-refractivity contribution >= 4 is 23.4 Å². The molecule has 108 valence electrons. The number of likely N-dealkylation sites (tertiary alicyclic amines) is 1. The maximum absolute atomic E-state index is 10.7. The third-order valence-corrected chi connectivity index (χ3v) is 4.42. The number of hydrogen-bond donors (Lipinski definition) is 2. The monoisotopic (exact) mass is 296 g/mol. The minimum absolute atomic E-state index is 0.384. The Morgan fingerprint density at radius 2 is 2.20 bits per heavy atom. The topological polar surface area (TPSA) is 61.8 Å². The standard InChI is InChI=1S/C14H17ClN2O3/c1-9-10(2-11(3-12(9)15)16-13(18)19)4-17-5-14(6-17)7-20-8-14/h2-3,16H,4-8H2,1H3,(H,18,19). The molecule has 0 atom stereocenters. The number of nitrogens with zero attached hydrogens (tertiary/aromatic N) is 1. The number of anilines is 1. The van der Waals surface area contributed by atoms with Crippen LogP contribution in [-0.4, -0.2) is 42.4 Å². The van der Waals surface area contributed by atoms with Gasteiger partial charge in [-0.05, 0) is 30.2 Å². The number of hydrogen-bond acceptors (Lipinski definition) is 3. The molecule has 0 saturated carbocycles. The molecule has 2 fully saturated rings. The molecular formula is C14H17ClN2O3. The van der Waals surface area contributed by atoms with E-state index in [0.29, 0.717) is 16.1 Å². The summed E-state index contributed by atoms with van der Waals surface area (Å²) in [7, 11) is 0. The zero-order chi connectivity index (χ0) is 14.3. The normalized spacial score (nSPS) is 20.3. The van der Waals surface area contributed by atoms with Crippen molar-refractivity contribution in [3.63, 3.8) is 0 Å². The Morgan fingerprint density at radius 3 is 2.75 bits per heavy atom. The lowest BCUT2D eigenvalue weighted by molar-refractivity contribution is -0.191. The highest BCUT2D eigenvalue weighted by molar-refractivity contribution is 6.31. The molecule has 0 aromatic heterocycles. The first-order chi connectivity index (χ1) is 9.47. The van der Waals surface area contributed by atoms with E-state index >= 15 is 0 Å². The summed E-state index contributed by atoms with van der Waals surface area (Å²) in [5, 5.41) is 11.7. The summed E-state index contributed by atoms with van der Waals surface area (Å²) < 4.78 is 5.26. The van der Waals surface area contributed by atoms with Crippen LogP contribution in [0.2, 0.25) is 5.02 Å². The van der Waals surface area contributed by atoms with Crippen molar-refractivity contribution in [2.45, 2.75) is 13.5 Å². The Balaban J connectivity index is 1.71. The number of nitrogens with one attached hydrogen (secondary N) is 1. The number of carbonyl (C=O) groups is 1. The van der Waals surface area contributed by atoms with Crippen LogP contribution in [0.4, 0.5) is 10.5 Å². The number of carboxylic acid groups (broad SMARTS) is 1. The first-order valence-corrected chi connectivity index (χ1v) is 6.94. The summed E-state index contributed by atoms with van der Waals surface area (Å²) >= 11 is 6.17. The van der Waals surface area contributed by atoms with Crippen LogP contribution >= 0.6 is 11.6 Å². The first kappa shape index (κ1) is 13.7. The minimum Gasteiger partial charge on any atom is -0.465 e. The third-order valence-electron chi connectivity index (χ3n) is 4.03. The average Bonchev–Trinajstić information content (AvgIpc) is 2.25. The van der Waals surface area contributed by atoms with E-state index < -0.39 is 6.09 Å². The van der Waals surface area contributed by atoms with E-state index in [9.17, 15) is 4.79 Å². The van der Waals surface area contributed by atoms with Crippen LogP contribution < -0.4 is 5.32 Å². The molecule has 2 N–H and O–H groups in total. The van der Waals surface area contributed by atoms with Gasteiger partial charge in [-0.25, -0.2) is 4.79 Å². The molecule has 6 heteroatoms. The molecular weight excluding hydrogens is 280 g/mol. The van der Waals surface area contributed by atoms with Gasteiger partial charge in [0.15, 0.2) is 0 Å². The van der Waals surface area contributed by atoms with Crippen molar-refractivity contribution in [1.82, 2.24) is 4.90 Å². The highest BCUT2D eigenvalue weighted by Crippen LogP contribution is 2.39. The molecule has 2 aliphatic rings. The van der Waals surface area contributed by atoms with Crippen molar-refractivity contribution in [2.75, 3.05) is 31.6 Å². The molecule has 1 aromatic carbocycles. The van der Waals surface area contributed by atoms with E-state index in [1.165, 1.54) is 0 Å². The molecule has 2 heterocycles. The second-order valence-corrected chi connectivity index (χ2v) is 6.22. The van der Waals surface area contributed by atoms with Crippen LogP contribution in [-0.2, 0) is 11.3 Å². The second-order valence-electron chi connectivity index (χ2n) is 5.81. The summed E-state index contributed by atoms with van der Waals surface area (Å²) in [4.78, 5) is 13.1. The molecule has 0 bridgehead atoms. The van der Waals surface area contributed by atoms with Crippen molar-refractivity contribution < 1.29 is 14.6 Å². The molecule has 20 heavy (non-hydrogen) atoms. The van der Waals surface area contributed by atoms with Crippen molar-refractivity contribution in [3.05, 3.63) is 28.3 Å². The fourth-order valence-corrected chi connectivity index (χ4v) is 3.16. The van der Waals surface area contributed by atoms with Gasteiger partial charge in [0.25, 0.3) is 0 Å². The first-order valence-electron chi connectivity index (χ1n) is 6.57. The predicted octanol–water partition coefficient (Wildman–Crippen LogP) is 2.57. The lowest BCUT2D eigenvalue weighted by Gasteiger charge is -2.55. The Kier molecular flexibility index (Phi) is 3.36. The van der Waals surface area contributed by atoms with Crippen LogP contribution in [0.5, 0.6) is 0 Å². The maximum atomic E-state index is 10.7. The Morgan fingerprint density at radius 1 is 1.50 bits per heavy atom. The van der Waals surface area contributed by atoms with Crippen LogP contribution in [0.15, 0.2) is 12.1 Å². The molecule has 2 aliphatic heterocycles. The van der Waals surface area contributed by atoms with Crippen molar-refractivity contribution in [3.8, 4) is 0 Å². The molecule has 0 radical (unpaired) electrons. The number of amides is 1. The smallest absolute Gasteiger partial charge is 0.409 e. The van der Waals surface area contributed by atoms with Gasteiger partial charge in [-0.3, -0.25) is 10.2 Å². The van der Waals surface area contributed by atoms with E-state index in [2.05, 4.69) is 10.2 Å². The summed E-state index contributed by atoms with van der Waals surface area (Å²) in [5.41, 5.74) is 2.98. The van der Waals surface area contributed by atoms with Gasteiger partial charge >= 0.3 is 6.09 Å². The summed E-state index contributed by atoms with van der Waals surface area (Å²) in [6.45, 7) is 6.57. The van der Waals surface area contributed by atoms with E-state index in [-0.39, 0.29) is 0 Å². The molecule has 1 spiro atoms. The molecule has 3 rings (SSSR count). The fraction of sp³-hybridized carbons (Fsp3) is 0.500. The van der Waals surface area contributed by atoms with Crippen molar-refractivity contribution in [1.29, 1.82) is 0 Å². The van der Waals surface area contributed by atoms with E-state index in [0.717, 1.165) is 44.0 Å². The Hall–Kier alpha value is -1.30. The van der Waals surface area contributed by atoms with Gasteiger partial charge in [-0.15, -0.1) is 0 Å². The van der Waals surface area contributed by atoms with Gasteiger partial charge in [-0.2, -0.15) is 0 Å². The van der Waals surface area contributed by atoms with Gasteiger partial charge < -0.3 is 9.84 Å². The number of ether oxygens (including phenoxy) is 1. The van der Waals surface area contributed by atoms with Crippen LogP contribution in [0, 0.1) is 12.3 Å². The third kappa shape index (κ3) is 2.49. The van der Waals surface area contributed by atoms with Gasteiger partial charge in [0, 0.05) is 35.8 Å². The molecule has 0 unspecified atom stereocenters. The SMILES string of the molecule is Cc1c(Cl)cc(NC(=O)O)cc1CN1CC2(COC2)C1. The van der Waals surface area contributed by atoms with E-state index in [1.54, 1.807) is 6.07 Å². The largest absolute Gasteiger partial charge is 0.465 e. The quantitative estimate of drug-likeness (QED) is 0.900. The van der Waals surface area contributed by atoms with Crippen molar-refractivity contribution in [2.24, 2.45) is 5.41 Å². The molecule has 5 nitrogen and oxygen atoms in total. The zero-order valence-corrected chi connectivity index (χ0v) is 12.0. The van der Waals surface area contributed by atoms with E-state index in [1.807, 2.05) is 13.0 Å². The molecule has 2 saturated heterocycles. The zero-order valence-electron chi connectivity index (χ0n) is 11.3. The van der Waals surface area contributed by atoms with Crippen LogP contribution in [0.25, 0.3) is 0 Å². The number of halogens is 1. The van der Waals surface area contributed by atoms with Crippen LogP contribution in [0.3, 0.4) is 0 Å². The Labute approximate surface area is 122 Å².